The lowest BCUT2D eigenvalue weighted by molar-refractivity contribution is 0.898. The van der Waals surface area contributed by atoms with Crippen LogP contribution in [0.1, 0.15) is 0 Å². The Labute approximate surface area is 192 Å². The van der Waals surface area contributed by atoms with Gasteiger partial charge in [0.2, 0.25) is 0 Å². The minimum atomic E-state index is 0.708. The standard InChI is InChI=1S/C30H21N3/c1-3-11-22(12-4-1)25-17-9-18-26(21-25)29-31-30(24-14-5-2-6-15-24)33(32-29)28-20-10-16-23-13-7-8-19-27(23)28/h1-21H. The molecule has 0 spiro atoms. The van der Waals surface area contributed by atoms with Gasteiger partial charge in [-0.05, 0) is 28.6 Å². The van der Waals surface area contributed by atoms with E-state index in [1.807, 2.05) is 28.9 Å². The molecule has 3 heteroatoms. The highest BCUT2D eigenvalue weighted by molar-refractivity contribution is 5.90. The van der Waals surface area contributed by atoms with Crippen molar-refractivity contribution in [2.45, 2.75) is 0 Å². The lowest BCUT2D eigenvalue weighted by Gasteiger charge is -2.09. The summed E-state index contributed by atoms with van der Waals surface area (Å²) >= 11 is 0. The zero-order valence-corrected chi connectivity index (χ0v) is 18.0. The summed E-state index contributed by atoms with van der Waals surface area (Å²) in [7, 11) is 0. The maximum atomic E-state index is 5.02. The third-order valence-electron chi connectivity index (χ3n) is 5.86. The smallest absolute Gasteiger partial charge is 0.182 e. The molecule has 0 radical (unpaired) electrons. The fraction of sp³-hybridized carbons (Fsp3) is 0. The Bertz CT molecular complexity index is 1550. The minimum Gasteiger partial charge on any atom is -0.212 e. The topological polar surface area (TPSA) is 30.7 Å². The van der Waals surface area contributed by atoms with Gasteiger partial charge in [-0.2, -0.15) is 0 Å². The van der Waals surface area contributed by atoms with Gasteiger partial charge >= 0.3 is 0 Å². The molecule has 0 aliphatic rings. The van der Waals surface area contributed by atoms with Crippen LogP contribution < -0.4 is 0 Å². The maximum Gasteiger partial charge on any atom is 0.182 e. The molecule has 33 heavy (non-hydrogen) atoms. The summed E-state index contributed by atoms with van der Waals surface area (Å²) in [5, 5.41) is 7.34. The molecule has 156 valence electrons. The molecule has 3 nitrogen and oxygen atoms in total. The van der Waals surface area contributed by atoms with Crippen molar-refractivity contribution >= 4 is 10.8 Å². The Kier molecular flexibility index (Phi) is 4.78. The second kappa shape index (κ2) is 8.21. The van der Waals surface area contributed by atoms with E-state index in [4.69, 9.17) is 10.1 Å². The Balaban J connectivity index is 1.55. The quantitative estimate of drug-likeness (QED) is 0.295. The second-order valence-corrected chi connectivity index (χ2v) is 7.98. The highest BCUT2D eigenvalue weighted by atomic mass is 15.4. The number of hydrogen-bond acceptors (Lipinski definition) is 2. The summed E-state index contributed by atoms with van der Waals surface area (Å²) in [6, 6.07) is 43.8. The van der Waals surface area contributed by atoms with E-state index in [0.717, 1.165) is 33.6 Å². The lowest BCUT2D eigenvalue weighted by Crippen LogP contribution is -2.00. The van der Waals surface area contributed by atoms with Crippen molar-refractivity contribution in [2.75, 3.05) is 0 Å². The molecule has 0 saturated heterocycles. The van der Waals surface area contributed by atoms with Crippen LogP contribution in [0.2, 0.25) is 0 Å². The van der Waals surface area contributed by atoms with Crippen molar-refractivity contribution < 1.29 is 0 Å². The number of benzene rings is 5. The van der Waals surface area contributed by atoms with E-state index >= 15 is 0 Å². The largest absolute Gasteiger partial charge is 0.212 e. The number of hydrogen-bond donors (Lipinski definition) is 0. The molecule has 5 aromatic carbocycles. The monoisotopic (exact) mass is 423 g/mol. The van der Waals surface area contributed by atoms with Crippen LogP contribution in [0.5, 0.6) is 0 Å². The van der Waals surface area contributed by atoms with Gasteiger partial charge in [-0.1, -0.05) is 115 Å². The van der Waals surface area contributed by atoms with Crippen LogP contribution in [-0.4, -0.2) is 14.8 Å². The van der Waals surface area contributed by atoms with Crippen LogP contribution in [0.4, 0.5) is 0 Å². The number of fused-ring (bicyclic) bond motifs is 1. The summed E-state index contributed by atoms with van der Waals surface area (Å²) in [5.41, 5.74) is 5.37. The van der Waals surface area contributed by atoms with Gasteiger partial charge in [0, 0.05) is 16.5 Å². The molecule has 6 rings (SSSR count). The third-order valence-corrected chi connectivity index (χ3v) is 5.86. The summed E-state index contributed by atoms with van der Waals surface area (Å²) in [6.45, 7) is 0. The molecule has 0 amide bonds. The molecular weight excluding hydrogens is 402 g/mol. The Morgan fingerprint density at radius 1 is 0.485 bits per heavy atom. The highest BCUT2D eigenvalue weighted by Gasteiger charge is 2.17. The number of aromatic nitrogens is 3. The lowest BCUT2D eigenvalue weighted by atomic mass is 10.0. The third kappa shape index (κ3) is 3.60. The molecule has 6 aromatic rings. The van der Waals surface area contributed by atoms with Gasteiger partial charge in [0.25, 0.3) is 0 Å². The molecular formula is C30H21N3. The molecule has 0 N–H and O–H groups in total. The fourth-order valence-corrected chi connectivity index (χ4v) is 4.24. The van der Waals surface area contributed by atoms with Gasteiger partial charge in [-0.3, -0.25) is 0 Å². The van der Waals surface area contributed by atoms with Crippen molar-refractivity contribution in [3.05, 3.63) is 127 Å². The van der Waals surface area contributed by atoms with Crippen molar-refractivity contribution in [3.63, 3.8) is 0 Å². The molecule has 0 unspecified atom stereocenters. The van der Waals surface area contributed by atoms with E-state index in [0.29, 0.717) is 5.82 Å². The zero-order valence-electron chi connectivity index (χ0n) is 18.0. The average Bonchev–Trinajstić information content (AvgIpc) is 3.35. The van der Waals surface area contributed by atoms with Crippen LogP contribution in [-0.2, 0) is 0 Å². The van der Waals surface area contributed by atoms with Crippen molar-refractivity contribution in [2.24, 2.45) is 0 Å². The van der Waals surface area contributed by atoms with Crippen molar-refractivity contribution in [3.8, 4) is 39.6 Å². The summed E-state index contributed by atoms with van der Waals surface area (Å²) in [5.74, 6) is 1.53. The SMILES string of the molecule is c1ccc(-c2cccc(-c3nc(-c4ccccc4)n(-c4cccc5ccccc45)n3)c2)cc1. The van der Waals surface area contributed by atoms with Crippen LogP contribution in [0.15, 0.2) is 127 Å². The van der Waals surface area contributed by atoms with E-state index < -0.39 is 0 Å². The maximum absolute atomic E-state index is 5.02. The van der Waals surface area contributed by atoms with Crippen LogP contribution >= 0.6 is 0 Å². The molecule has 0 bridgehead atoms. The van der Waals surface area contributed by atoms with E-state index in [1.54, 1.807) is 0 Å². The Hall–Kier alpha value is -4.50. The van der Waals surface area contributed by atoms with Gasteiger partial charge in [-0.15, -0.1) is 5.10 Å². The van der Waals surface area contributed by atoms with Crippen LogP contribution in [0.3, 0.4) is 0 Å². The van der Waals surface area contributed by atoms with Gasteiger partial charge in [-0.25, -0.2) is 9.67 Å². The van der Waals surface area contributed by atoms with E-state index in [1.165, 1.54) is 10.9 Å². The molecule has 1 heterocycles. The Morgan fingerprint density at radius 3 is 1.91 bits per heavy atom. The predicted molar refractivity (Wildman–Crippen MR) is 135 cm³/mol. The zero-order chi connectivity index (χ0) is 22.0. The fourth-order valence-electron chi connectivity index (χ4n) is 4.24. The summed E-state index contributed by atoms with van der Waals surface area (Å²) < 4.78 is 1.97. The van der Waals surface area contributed by atoms with Crippen molar-refractivity contribution in [1.29, 1.82) is 0 Å². The highest BCUT2D eigenvalue weighted by Crippen LogP contribution is 2.30. The molecule has 0 saturated carbocycles. The van der Waals surface area contributed by atoms with E-state index in [2.05, 4.69) is 103 Å². The number of rotatable bonds is 4. The van der Waals surface area contributed by atoms with Crippen LogP contribution in [0.25, 0.3) is 50.4 Å². The van der Waals surface area contributed by atoms with E-state index in [9.17, 15) is 0 Å². The summed E-state index contributed by atoms with van der Waals surface area (Å²) in [6.07, 6.45) is 0. The molecule has 0 aliphatic carbocycles. The molecule has 0 aliphatic heterocycles. The van der Waals surface area contributed by atoms with E-state index in [-0.39, 0.29) is 0 Å². The molecule has 1 aromatic heterocycles. The number of nitrogens with zero attached hydrogens (tertiary/aromatic N) is 3. The normalized spacial score (nSPS) is 11.0. The first-order valence-corrected chi connectivity index (χ1v) is 11.0. The average molecular weight is 424 g/mol. The van der Waals surface area contributed by atoms with Gasteiger partial charge < -0.3 is 0 Å². The minimum absolute atomic E-state index is 0.708. The molecule has 0 fully saturated rings. The second-order valence-electron chi connectivity index (χ2n) is 7.98. The van der Waals surface area contributed by atoms with Gasteiger partial charge in [0.1, 0.15) is 0 Å². The Morgan fingerprint density at radius 2 is 1.09 bits per heavy atom. The summed E-state index contributed by atoms with van der Waals surface area (Å²) in [4.78, 5) is 5.02. The first-order valence-electron chi connectivity index (χ1n) is 11.0. The van der Waals surface area contributed by atoms with Gasteiger partial charge in [0.15, 0.2) is 11.6 Å². The van der Waals surface area contributed by atoms with Gasteiger partial charge in [0.05, 0.1) is 5.69 Å². The van der Waals surface area contributed by atoms with Crippen molar-refractivity contribution in [1.82, 2.24) is 14.8 Å². The first kappa shape index (κ1) is 19.2. The molecule has 0 atom stereocenters. The van der Waals surface area contributed by atoms with Crippen LogP contribution in [0, 0.1) is 0 Å². The predicted octanol–water partition coefficient (Wildman–Crippen LogP) is 7.42. The first-order chi connectivity index (χ1) is 16.4.